The Bertz CT molecular complexity index is 913. The number of anilines is 3. The number of rotatable bonds is 8. The van der Waals surface area contributed by atoms with E-state index in [-0.39, 0.29) is 5.91 Å². The summed E-state index contributed by atoms with van der Waals surface area (Å²) in [7, 11) is 1.88. The monoisotopic (exact) mass is 406 g/mol. The first kappa shape index (κ1) is 20.2. The van der Waals surface area contributed by atoms with Crippen LogP contribution >= 0.6 is 0 Å². The van der Waals surface area contributed by atoms with Crippen molar-refractivity contribution in [2.24, 2.45) is 0 Å². The smallest absolute Gasteiger partial charge is 0.226 e. The van der Waals surface area contributed by atoms with E-state index in [1.807, 2.05) is 18.0 Å². The fraction of sp³-hybridized carbons (Fsp3) is 0.435. The van der Waals surface area contributed by atoms with Crippen molar-refractivity contribution in [3.05, 3.63) is 48.0 Å². The number of amides is 1. The quantitative estimate of drug-likeness (QED) is 0.655. The maximum Gasteiger partial charge on any atom is 0.226 e. The molecular formula is C23H30N6O. The summed E-state index contributed by atoms with van der Waals surface area (Å²) in [6.07, 6.45) is 3.44. The molecule has 30 heavy (non-hydrogen) atoms. The van der Waals surface area contributed by atoms with E-state index >= 15 is 0 Å². The molecule has 2 aliphatic rings. The summed E-state index contributed by atoms with van der Waals surface area (Å²) >= 11 is 0. The SMILES string of the molecule is C=C1CCN(Cc2ccccc2)c2nc(NCCCN3CCCC3=O)nc(NC)c21. The predicted octanol–water partition coefficient (Wildman–Crippen LogP) is 3.37. The summed E-state index contributed by atoms with van der Waals surface area (Å²) in [4.78, 5) is 25.5. The van der Waals surface area contributed by atoms with Gasteiger partial charge in [0.15, 0.2) is 0 Å². The third kappa shape index (κ3) is 4.40. The van der Waals surface area contributed by atoms with Gasteiger partial charge in [-0.2, -0.15) is 9.97 Å². The lowest BCUT2D eigenvalue weighted by molar-refractivity contribution is -0.127. The van der Waals surface area contributed by atoms with Gasteiger partial charge in [-0.3, -0.25) is 4.79 Å². The Morgan fingerprint density at radius 1 is 1.10 bits per heavy atom. The van der Waals surface area contributed by atoms with Gasteiger partial charge < -0.3 is 20.4 Å². The number of hydrogen-bond acceptors (Lipinski definition) is 6. The minimum absolute atomic E-state index is 0.271. The van der Waals surface area contributed by atoms with Gasteiger partial charge in [0.1, 0.15) is 11.6 Å². The van der Waals surface area contributed by atoms with E-state index in [1.165, 1.54) is 5.56 Å². The number of aromatic nitrogens is 2. The van der Waals surface area contributed by atoms with Crippen LogP contribution in [0.25, 0.3) is 5.57 Å². The second-order valence-corrected chi connectivity index (χ2v) is 7.87. The van der Waals surface area contributed by atoms with Gasteiger partial charge in [-0.1, -0.05) is 36.9 Å². The highest BCUT2D eigenvalue weighted by atomic mass is 16.2. The van der Waals surface area contributed by atoms with Crippen LogP contribution in [0.5, 0.6) is 0 Å². The topological polar surface area (TPSA) is 73.4 Å². The molecule has 1 saturated heterocycles. The van der Waals surface area contributed by atoms with Gasteiger partial charge in [0.05, 0.1) is 5.56 Å². The minimum Gasteiger partial charge on any atom is -0.372 e. The molecule has 0 saturated carbocycles. The molecule has 1 aromatic carbocycles. The van der Waals surface area contributed by atoms with E-state index in [0.717, 1.165) is 74.8 Å². The average molecular weight is 407 g/mol. The van der Waals surface area contributed by atoms with E-state index in [0.29, 0.717) is 12.4 Å². The molecule has 1 amide bonds. The van der Waals surface area contributed by atoms with Gasteiger partial charge in [-0.05, 0) is 30.4 Å². The van der Waals surface area contributed by atoms with Gasteiger partial charge >= 0.3 is 0 Å². The molecule has 0 bridgehead atoms. The van der Waals surface area contributed by atoms with Gasteiger partial charge in [0.2, 0.25) is 11.9 Å². The number of hydrogen-bond donors (Lipinski definition) is 2. The number of nitrogens with zero attached hydrogens (tertiary/aromatic N) is 4. The van der Waals surface area contributed by atoms with E-state index in [2.05, 4.69) is 51.4 Å². The van der Waals surface area contributed by atoms with Crippen LogP contribution in [0.15, 0.2) is 36.9 Å². The first-order valence-corrected chi connectivity index (χ1v) is 10.7. The van der Waals surface area contributed by atoms with Crippen molar-refractivity contribution in [2.45, 2.75) is 32.2 Å². The summed E-state index contributed by atoms with van der Waals surface area (Å²) in [5.74, 6) is 2.61. The molecule has 0 atom stereocenters. The molecule has 158 valence electrons. The van der Waals surface area contributed by atoms with Crippen LogP contribution < -0.4 is 15.5 Å². The Hall–Kier alpha value is -3.09. The molecule has 2 N–H and O–H groups in total. The second kappa shape index (κ2) is 9.15. The lowest BCUT2D eigenvalue weighted by atomic mass is 10.00. The largest absolute Gasteiger partial charge is 0.372 e. The standard InChI is InChI=1S/C23H30N6O/c1-17-11-15-29(16-18-8-4-3-5-9-18)22-20(17)21(24-2)26-23(27-22)25-12-7-14-28-13-6-10-19(28)30/h3-5,8-9H,1,6-7,10-16H2,2H3,(H2,24,25,26,27). The van der Waals surface area contributed by atoms with E-state index in [4.69, 9.17) is 4.98 Å². The first-order chi connectivity index (χ1) is 14.7. The predicted molar refractivity (Wildman–Crippen MR) is 122 cm³/mol. The van der Waals surface area contributed by atoms with Crippen molar-refractivity contribution >= 4 is 29.1 Å². The molecule has 1 fully saturated rings. The number of likely N-dealkylation sites (tertiary alicyclic amines) is 1. The van der Waals surface area contributed by atoms with Crippen LogP contribution in [0.3, 0.4) is 0 Å². The molecule has 2 aromatic rings. The van der Waals surface area contributed by atoms with Crippen molar-refractivity contribution in [2.75, 3.05) is 48.8 Å². The highest BCUT2D eigenvalue weighted by molar-refractivity contribution is 5.84. The number of fused-ring (bicyclic) bond motifs is 1. The van der Waals surface area contributed by atoms with Crippen LogP contribution in [0, 0.1) is 0 Å². The van der Waals surface area contributed by atoms with Crippen molar-refractivity contribution in [3.8, 4) is 0 Å². The van der Waals surface area contributed by atoms with Crippen LogP contribution in [0.2, 0.25) is 0 Å². The second-order valence-electron chi connectivity index (χ2n) is 7.87. The normalized spacial score (nSPS) is 16.0. The Labute approximate surface area is 178 Å². The molecule has 1 aromatic heterocycles. The summed E-state index contributed by atoms with van der Waals surface area (Å²) in [5, 5.41) is 6.57. The fourth-order valence-electron chi connectivity index (χ4n) is 4.13. The lowest BCUT2D eigenvalue weighted by Gasteiger charge is -2.32. The summed E-state index contributed by atoms with van der Waals surface area (Å²) in [6.45, 7) is 8.34. The molecule has 0 aliphatic carbocycles. The average Bonchev–Trinajstić information content (AvgIpc) is 3.18. The Kier molecular flexibility index (Phi) is 6.16. The van der Waals surface area contributed by atoms with Crippen molar-refractivity contribution in [1.29, 1.82) is 0 Å². The van der Waals surface area contributed by atoms with E-state index in [1.54, 1.807) is 0 Å². The number of nitrogens with one attached hydrogen (secondary N) is 2. The van der Waals surface area contributed by atoms with Crippen LogP contribution in [0.1, 0.15) is 36.8 Å². The van der Waals surface area contributed by atoms with E-state index < -0.39 is 0 Å². The van der Waals surface area contributed by atoms with Gasteiger partial charge in [-0.25, -0.2) is 0 Å². The Morgan fingerprint density at radius 3 is 2.67 bits per heavy atom. The zero-order valence-corrected chi connectivity index (χ0v) is 17.7. The van der Waals surface area contributed by atoms with Crippen molar-refractivity contribution < 1.29 is 4.79 Å². The molecule has 0 radical (unpaired) electrons. The zero-order valence-electron chi connectivity index (χ0n) is 17.7. The molecular weight excluding hydrogens is 376 g/mol. The number of carbonyl (C=O) groups is 1. The third-order valence-electron chi connectivity index (χ3n) is 5.74. The molecule has 3 heterocycles. The molecule has 2 aliphatic heterocycles. The van der Waals surface area contributed by atoms with Crippen LogP contribution in [-0.4, -0.2) is 54.0 Å². The van der Waals surface area contributed by atoms with Gasteiger partial charge in [-0.15, -0.1) is 0 Å². The maximum atomic E-state index is 11.8. The van der Waals surface area contributed by atoms with Gasteiger partial charge in [0.25, 0.3) is 0 Å². The number of benzene rings is 1. The highest BCUT2D eigenvalue weighted by Gasteiger charge is 2.26. The molecule has 0 unspecified atom stereocenters. The third-order valence-corrected chi connectivity index (χ3v) is 5.74. The fourth-order valence-corrected chi connectivity index (χ4v) is 4.13. The summed E-state index contributed by atoms with van der Waals surface area (Å²) < 4.78 is 0. The van der Waals surface area contributed by atoms with Crippen molar-refractivity contribution in [1.82, 2.24) is 14.9 Å². The van der Waals surface area contributed by atoms with Gasteiger partial charge in [0, 0.05) is 46.2 Å². The van der Waals surface area contributed by atoms with E-state index in [9.17, 15) is 4.79 Å². The highest BCUT2D eigenvalue weighted by Crippen LogP contribution is 2.37. The lowest BCUT2D eigenvalue weighted by Crippen LogP contribution is -2.30. The number of carbonyl (C=O) groups excluding carboxylic acids is 1. The van der Waals surface area contributed by atoms with Crippen LogP contribution in [0.4, 0.5) is 17.6 Å². The van der Waals surface area contributed by atoms with Crippen molar-refractivity contribution in [3.63, 3.8) is 0 Å². The zero-order chi connectivity index (χ0) is 20.9. The molecule has 0 spiro atoms. The first-order valence-electron chi connectivity index (χ1n) is 10.7. The molecule has 4 rings (SSSR count). The summed E-state index contributed by atoms with van der Waals surface area (Å²) in [6, 6.07) is 10.4. The summed E-state index contributed by atoms with van der Waals surface area (Å²) in [5.41, 5.74) is 3.33. The molecule has 7 nitrogen and oxygen atoms in total. The Balaban J connectivity index is 1.49. The minimum atomic E-state index is 0.271. The van der Waals surface area contributed by atoms with Crippen LogP contribution in [-0.2, 0) is 11.3 Å². The Morgan fingerprint density at radius 2 is 1.93 bits per heavy atom. The molecule has 7 heteroatoms. The maximum absolute atomic E-state index is 11.8.